The van der Waals surface area contributed by atoms with Crippen LogP contribution in [-0.4, -0.2) is 38.3 Å². The van der Waals surface area contributed by atoms with Crippen LogP contribution in [-0.2, 0) is 0 Å². The summed E-state index contributed by atoms with van der Waals surface area (Å²) < 4.78 is 5.35. The van der Waals surface area contributed by atoms with Gasteiger partial charge in [-0.2, -0.15) is 0 Å². The summed E-state index contributed by atoms with van der Waals surface area (Å²) in [6.07, 6.45) is 0. The zero-order valence-corrected chi connectivity index (χ0v) is 14.8. The molecule has 25 heavy (non-hydrogen) atoms. The third-order valence-electron chi connectivity index (χ3n) is 4.86. The Labute approximate surface area is 148 Å². The predicted octanol–water partition coefficient (Wildman–Crippen LogP) is 3.88. The predicted molar refractivity (Wildman–Crippen MR) is 104 cm³/mol. The van der Waals surface area contributed by atoms with Gasteiger partial charge < -0.3 is 14.5 Å². The molecule has 3 aromatic rings. The van der Waals surface area contributed by atoms with E-state index in [-0.39, 0.29) is 0 Å². The van der Waals surface area contributed by atoms with Crippen LogP contribution in [0.5, 0.6) is 5.75 Å². The van der Waals surface area contributed by atoms with Gasteiger partial charge in [0.1, 0.15) is 5.75 Å². The molecule has 4 heteroatoms. The SMILES string of the molecule is COc1ccc2c(N3CCN(c4ccccc4)CC3)cc(C)nc2c1. The smallest absolute Gasteiger partial charge is 0.121 e. The van der Waals surface area contributed by atoms with Gasteiger partial charge in [-0.1, -0.05) is 18.2 Å². The molecule has 1 aliphatic rings. The molecule has 0 radical (unpaired) electrons. The van der Waals surface area contributed by atoms with Gasteiger partial charge in [-0.05, 0) is 37.3 Å². The monoisotopic (exact) mass is 333 g/mol. The highest BCUT2D eigenvalue weighted by atomic mass is 16.5. The summed E-state index contributed by atoms with van der Waals surface area (Å²) in [6.45, 7) is 6.15. The lowest BCUT2D eigenvalue weighted by Gasteiger charge is -2.38. The number of piperazine rings is 1. The molecular weight excluding hydrogens is 310 g/mol. The number of benzene rings is 2. The maximum absolute atomic E-state index is 5.35. The summed E-state index contributed by atoms with van der Waals surface area (Å²) in [7, 11) is 1.70. The first-order chi connectivity index (χ1) is 12.2. The second-order valence-corrected chi connectivity index (χ2v) is 6.48. The minimum Gasteiger partial charge on any atom is -0.497 e. The highest BCUT2D eigenvalue weighted by molar-refractivity contribution is 5.93. The quantitative estimate of drug-likeness (QED) is 0.727. The summed E-state index contributed by atoms with van der Waals surface area (Å²) in [6, 6.07) is 19.0. The molecule has 1 fully saturated rings. The molecule has 128 valence electrons. The summed E-state index contributed by atoms with van der Waals surface area (Å²) in [5, 5.41) is 1.19. The first-order valence-corrected chi connectivity index (χ1v) is 8.75. The number of aryl methyl sites for hydroxylation is 1. The number of para-hydroxylation sites is 1. The number of pyridine rings is 1. The molecule has 1 saturated heterocycles. The molecule has 0 N–H and O–H groups in total. The van der Waals surface area contributed by atoms with Gasteiger partial charge in [0, 0.05) is 54.7 Å². The fraction of sp³-hybridized carbons (Fsp3) is 0.286. The van der Waals surface area contributed by atoms with E-state index in [0.29, 0.717) is 0 Å². The molecule has 1 aromatic heterocycles. The van der Waals surface area contributed by atoms with Crippen LogP contribution in [0.25, 0.3) is 10.9 Å². The highest BCUT2D eigenvalue weighted by Gasteiger charge is 2.19. The lowest BCUT2D eigenvalue weighted by molar-refractivity contribution is 0.415. The largest absolute Gasteiger partial charge is 0.497 e. The zero-order valence-electron chi connectivity index (χ0n) is 14.8. The van der Waals surface area contributed by atoms with Crippen molar-refractivity contribution in [2.75, 3.05) is 43.1 Å². The van der Waals surface area contributed by atoms with Gasteiger partial charge in [-0.15, -0.1) is 0 Å². The van der Waals surface area contributed by atoms with E-state index in [9.17, 15) is 0 Å². The van der Waals surface area contributed by atoms with Crippen LogP contribution in [0, 0.1) is 6.92 Å². The van der Waals surface area contributed by atoms with E-state index in [1.165, 1.54) is 16.8 Å². The summed E-state index contributed by atoms with van der Waals surface area (Å²) in [5.41, 5.74) is 4.63. The topological polar surface area (TPSA) is 28.6 Å². The Morgan fingerprint density at radius 3 is 2.32 bits per heavy atom. The molecule has 0 aliphatic carbocycles. The van der Waals surface area contributed by atoms with Gasteiger partial charge in [-0.3, -0.25) is 4.98 Å². The average molecular weight is 333 g/mol. The maximum Gasteiger partial charge on any atom is 0.121 e. The van der Waals surface area contributed by atoms with E-state index in [2.05, 4.69) is 64.2 Å². The van der Waals surface area contributed by atoms with Gasteiger partial charge in [0.15, 0.2) is 0 Å². The van der Waals surface area contributed by atoms with Gasteiger partial charge in [0.25, 0.3) is 0 Å². The molecule has 0 spiro atoms. The van der Waals surface area contributed by atoms with Crippen LogP contribution in [0.2, 0.25) is 0 Å². The molecule has 2 heterocycles. The minimum absolute atomic E-state index is 0.852. The van der Waals surface area contributed by atoms with Crippen LogP contribution >= 0.6 is 0 Å². The summed E-state index contributed by atoms with van der Waals surface area (Å²) >= 11 is 0. The highest BCUT2D eigenvalue weighted by Crippen LogP contribution is 2.30. The number of ether oxygens (including phenoxy) is 1. The van der Waals surface area contributed by atoms with Crippen molar-refractivity contribution >= 4 is 22.3 Å². The van der Waals surface area contributed by atoms with Gasteiger partial charge >= 0.3 is 0 Å². The van der Waals surface area contributed by atoms with E-state index in [0.717, 1.165) is 43.1 Å². The van der Waals surface area contributed by atoms with Crippen LogP contribution in [0.4, 0.5) is 11.4 Å². The number of fused-ring (bicyclic) bond motifs is 1. The van der Waals surface area contributed by atoms with Crippen molar-refractivity contribution in [3.05, 3.63) is 60.3 Å². The summed E-state index contributed by atoms with van der Waals surface area (Å²) in [4.78, 5) is 9.61. The Hall–Kier alpha value is -2.75. The van der Waals surface area contributed by atoms with Crippen LogP contribution in [0.15, 0.2) is 54.6 Å². The Bertz CT molecular complexity index is 871. The number of nitrogens with zero attached hydrogens (tertiary/aromatic N) is 3. The molecule has 1 aliphatic heterocycles. The van der Waals surface area contributed by atoms with E-state index in [1.54, 1.807) is 7.11 Å². The van der Waals surface area contributed by atoms with Crippen LogP contribution in [0.3, 0.4) is 0 Å². The Kier molecular flexibility index (Phi) is 4.18. The Balaban J connectivity index is 1.60. The normalized spacial score (nSPS) is 14.8. The molecule has 2 aromatic carbocycles. The molecule has 4 rings (SSSR count). The molecular formula is C21H23N3O. The van der Waals surface area contributed by atoms with Gasteiger partial charge in [0.05, 0.1) is 12.6 Å². The standard InChI is InChI=1S/C21H23N3O/c1-16-14-21(19-9-8-18(25-2)15-20(19)22-16)24-12-10-23(11-13-24)17-6-4-3-5-7-17/h3-9,14-15H,10-13H2,1-2H3. The first kappa shape index (κ1) is 15.8. The second kappa shape index (κ2) is 6.63. The van der Waals surface area contributed by atoms with Crippen LogP contribution < -0.4 is 14.5 Å². The van der Waals surface area contributed by atoms with E-state index >= 15 is 0 Å². The average Bonchev–Trinajstić information content (AvgIpc) is 2.67. The lowest BCUT2D eigenvalue weighted by Crippen LogP contribution is -2.46. The van der Waals surface area contributed by atoms with E-state index in [4.69, 9.17) is 4.74 Å². The zero-order chi connectivity index (χ0) is 17.2. The molecule has 4 nitrogen and oxygen atoms in total. The van der Waals surface area contributed by atoms with Crippen molar-refractivity contribution in [2.24, 2.45) is 0 Å². The lowest BCUT2D eigenvalue weighted by atomic mass is 10.1. The van der Waals surface area contributed by atoms with Crippen LogP contribution in [0.1, 0.15) is 5.69 Å². The van der Waals surface area contributed by atoms with Crippen molar-refractivity contribution in [3.63, 3.8) is 0 Å². The van der Waals surface area contributed by atoms with E-state index < -0.39 is 0 Å². The van der Waals surface area contributed by atoms with Crippen molar-refractivity contribution in [2.45, 2.75) is 6.92 Å². The van der Waals surface area contributed by atoms with Crippen molar-refractivity contribution in [3.8, 4) is 5.75 Å². The number of rotatable bonds is 3. The fourth-order valence-electron chi connectivity index (χ4n) is 3.55. The molecule has 0 unspecified atom stereocenters. The summed E-state index contributed by atoms with van der Waals surface area (Å²) in [5.74, 6) is 0.852. The fourth-order valence-corrected chi connectivity index (χ4v) is 3.55. The van der Waals surface area contributed by atoms with Gasteiger partial charge in [-0.25, -0.2) is 0 Å². The third kappa shape index (κ3) is 3.12. The van der Waals surface area contributed by atoms with Crippen molar-refractivity contribution in [1.82, 2.24) is 4.98 Å². The number of hydrogen-bond acceptors (Lipinski definition) is 4. The van der Waals surface area contributed by atoms with Gasteiger partial charge in [0.2, 0.25) is 0 Å². The number of aromatic nitrogens is 1. The molecule has 0 bridgehead atoms. The molecule has 0 saturated carbocycles. The molecule has 0 atom stereocenters. The first-order valence-electron chi connectivity index (χ1n) is 8.75. The van der Waals surface area contributed by atoms with E-state index in [1.807, 2.05) is 12.1 Å². The van der Waals surface area contributed by atoms with Crippen molar-refractivity contribution in [1.29, 1.82) is 0 Å². The Morgan fingerprint density at radius 2 is 1.60 bits per heavy atom. The number of methoxy groups -OCH3 is 1. The molecule has 0 amide bonds. The maximum atomic E-state index is 5.35. The number of hydrogen-bond donors (Lipinski definition) is 0. The van der Waals surface area contributed by atoms with Crippen molar-refractivity contribution < 1.29 is 4.74 Å². The third-order valence-corrected chi connectivity index (χ3v) is 4.86. The second-order valence-electron chi connectivity index (χ2n) is 6.48. The minimum atomic E-state index is 0.852. The number of anilines is 2. The Morgan fingerprint density at radius 1 is 0.880 bits per heavy atom.